The Morgan fingerprint density at radius 3 is 2.73 bits per heavy atom. The SMILES string of the molecule is CCN=C(NC1CC=CC1)NC1C2CCOC2C12CCCC2. The molecular formula is C18H29N3O. The summed E-state index contributed by atoms with van der Waals surface area (Å²) in [5.41, 5.74) is 0.394. The maximum atomic E-state index is 6.08. The van der Waals surface area contributed by atoms with Crippen molar-refractivity contribution in [2.24, 2.45) is 16.3 Å². The van der Waals surface area contributed by atoms with E-state index in [4.69, 9.17) is 9.73 Å². The van der Waals surface area contributed by atoms with E-state index in [0.717, 1.165) is 32.0 Å². The van der Waals surface area contributed by atoms with Gasteiger partial charge in [0.25, 0.3) is 0 Å². The maximum absolute atomic E-state index is 6.08. The van der Waals surface area contributed by atoms with Gasteiger partial charge in [0.05, 0.1) is 6.10 Å². The van der Waals surface area contributed by atoms with Crippen molar-refractivity contribution in [1.82, 2.24) is 10.6 Å². The summed E-state index contributed by atoms with van der Waals surface area (Å²) in [7, 11) is 0. The fraction of sp³-hybridized carbons (Fsp3) is 0.833. The molecule has 4 rings (SSSR count). The summed E-state index contributed by atoms with van der Waals surface area (Å²) in [6.07, 6.45) is 13.9. The van der Waals surface area contributed by atoms with Crippen LogP contribution in [-0.2, 0) is 4.74 Å². The van der Waals surface area contributed by atoms with E-state index >= 15 is 0 Å². The van der Waals surface area contributed by atoms with E-state index in [-0.39, 0.29) is 0 Å². The molecule has 1 heterocycles. The van der Waals surface area contributed by atoms with E-state index in [9.17, 15) is 0 Å². The number of fused-ring (bicyclic) bond motifs is 2. The van der Waals surface area contributed by atoms with Crippen LogP contribution in [0.25, 0.3) is 0 Å². The molecule has 122 valence electrons. The van der Waals surface area contributed by atoms with E-state index in [1.54, 1.807) is 0 Å². The lowest BCUT2D eigenvalue weighted by atomic mass is 9.54. The molecule has 4 nitrogen and oxygen atoms in total. The van der Waals surface area contributed by atoms with Crippen LogP contribution in [0.3, 0.4) is 0 Å². The predicted molar refractivity (Wildman–Crippen MR) is 88.9 cm³/mol. The number of nitrogens with zero attached hydrogens (tertiary/aromatic N) is 1. The van der Waals surface area contributed by atoms with Crippen molar-refractivity contribution in [2.75, 3.05) is 13.2 Å². The highest BCUT2D eigenvalue weighted by molar-refractivity contribution is 5.81. The Morgan fingerprint density at radius 1 is 1.23 bits per heavy atom. The molecule has 2 saturated carbocycles. The van der Waals surface area contributed by atoms with E-state index < -0.39 is 0 Å². The summed E-state index contributed by atoms with van der Waals surface area (Å²) >= 11 is 0. The zero-order valence-corrected chi connectivity index (χ0v) is 13.7. The van der Waals surface area contributed by atoms with Crippen molar-refractivity contribution < 1.29 is 4.74 Å². The Balaban J connectivity index is 1.46. The molecule has 1 aliphatic heterocycles. The second-order valence-corrected chi connectivity index (χ2v) is 7.41. The maximum Gasteiger partial charge on any atom is 0.191 e. The summed E-state index contributed by atoms with van der Waals surface area (Å²) in [6, 6.07) is 1.09. The first kappa shape index (κ1) is 14.6. The molecule has 0 bridgehead atoms. The van der Waals surface area contributed by atoms with Crippen LogP contribution >= 0.6 is 0 Å². The third-order valence-corrected chi connectivity index (χ3v) is 6.24. The highest BCUT2D eigenvalue weighted by Gasteiger charge is 2.65. The molecule has 0 radical (unpaired) electrons. The smallest absolute Gasteiger partial charge is 0.191 e. The van der Waals surface area contributed by atoms with Gasteiger partial charge in [-0.15, -0.1) is 0 Å². The molecule has 0 aromatic rings. The van der Waals surface area contributed by atoms with Gasteiger partial charge >= 0.3 is 0 Å². The topological polar surface area (TPSA) is 45.7 Å². The third kappa shape index (κ3) is 2.27. The van der Waals surface area contributed by atoms with Crippen molar-refractivity contribution in [1.29, 1.82) is 0 Å². The first-order valence-corrected chi connectivity index (χ1v) is 9.17. The normalized spacial score (nSPS) is 36.6. The molecule has 0 aromatic carbocycles. The molecule has 1 spiro atoms. The number of hydrogen-bond donors (Lipinski definition) is 2. The van der Waals surface area contributed by atoms with E-state index in [1.165, 1.54) is 32.1 Å². The average Bonchev–Trinajstić information content (AvgIpc) is 3.25. The Bertz CT molecular complexity index is 459. The van der Waals surface area contributed by atoms with Crippen molar-refractivity contribution >= 4 is 5.96 Å². The second-order valence-electron chi connectivity index (χ2n) is 7.41. The average molecular weight is 303 g/mol. The van der Waals surface area contributed by atoms with Crippen LogP contribution in [0.2, 0.25) is 0 Å². The molecule has 0 aromatic heterocycles. The highest BCUT2D eigenvalue weighted by atomic mass is 16.5. The van der Waals surface area contributed by atoms with Gasteiger partial charge in [0.1, 0.15) is 0 Å². The van der Waals surface area contributed by atoms with E-state index in [1.807, 2.05) is 0 Å². The predicted octanol–water partition coefficient (Wildman–Crippen LogP) is 2.61. The Morgan fingerprint density at radius 2 is 2.00 bits per heavy atom. The van der Waals surface area contributed by atoms with Crippen LogP contribution in [0.4, 0.5) is 0 Å². The summed E-state index contributed by atoms with van der Waals surface area (Å²) in [6.45, 7) is 3.90. The Labute approximate surface area is 133 Å². The van der Waals surface area contributed by atoms with Gasteiger partial charge < -0.3 is 15.4 Å². The quantitative estimate of drug-likeness (QED) is 0.478. The largest absolute Gasteiger partial charge is 0.377 e. The fourth-order valence-corrected chi connectivity index (χ4v) is 5.27. The van der Waals surface area contributed by atoms with Crippen LogP contribution in [0.15, 0.2) is 17.1 Å². The van der Waals surface area contributed by atoms with Gasteiger partial charge in [0.15, 0.2) is 5.96 Å². The summed E-state index contributed by atoms with van der Waals surface area (Å²) < 4.78 is 6.08. The lowest BCUT2D eigenvalue weighted by molar-refractivity contribution is -0.125. The second kappa shape index (κ2) is 5.88. The van der Waals surface area contributed by atoms with E-state index in [2.05, 4.69) is 29.7 Å². The number of ether oxygens (including phenoxy) is 1. The van der Waals surface area contributed by atoms with Crippen molar-refractivity contribution in [3.63, 3.8) is 0 Å². The summed E-state index contributed by atoms with van der Waals surface area (Å²) in [5, 5.41) is 7.45. The fourth-order valence-electron chi connectivity index (χ4n) is 5.27. The van der Waals surface area contributed by atoms with Gasteiger partial charge in [-0.05, 0) is 39.0 Å². The number of aliphatic imine (C=N–C) groups is 1. The number of hydrogen-bond acceptors (Lipinski definition) is 2. The van der Waals surface area contributed by atoms with Crippen molar-refractivity contribution in [3.05, 3.63) is 12.2 Å². The molecule has 2 N–H and O–H groups in total. The minimum Gasteiger partial charge on any atom is -0.377 e. The summed E-state index contributed by atoms with van der Waals surface area (Å²) in [4.78, 5) is 4.70. The van der Waals surface area contributed by atoms with Crippen LogP contribution in [-0.4, -0.2) is 37.3 Å². The van der Waals surface area contributed by atoms with Crippen molar-refractivity contribution in [2.45, 2.75) is 70.1 Å². The Hall–Kier alpha value is -1.03. The van der Waals surface area contributed by atoms with E-state index in [0.29, 0.717) is 29.5 Å². The molecule has 4 heteroatoms. The third-order valence-electron chi connectivity index (χ3n) is 6.24. The first-order valence-electron chi connectivity index (χ1n) is 9.17. The molecule has 3 aliphatic carbocycles. The molecule has 3 fully saturated rings. The highest BCUT2D eigenvalue weighted by Crippen LogP contribution is 2.60. The Kier molecular flexibility index (Phi) is 3.89. The van der Waals surface area contributed by atoms with Gasteiger partial charge in [-0.3, -0.25) is 4.99 Å². The number of rotatable bonds is 3. The molecule has 4 aliphatic rings. The van der Waals surface area contributed by atoms with Gasteiger partial charge in [0, 0.05) is 36.6 Å². The molecule has 22 heavy (non-hydrogen) atoms. The van der Waals surface area contributed by atoms with Crippen molar-refractivity contribution in [3.8, 4) is 0 Å². The van der Waals surface area contributed by atoms with Crippen LogP contribution in [0.5, 0.6) is 0 Å². The zero-order valence-electron chi connectivity index (χ0n) is 13.7. The number of guanidine groups is 1. The summed E-state index contributed by atoms with van der Waals surface area (Å²) in [5.74, 6) is 1.72. The first-order chi connectivity index (χ1) is 10.8. The standard InChI is InChI=1S/C18H29N3O/c1-2-19-17(20-13-7-3-4-8-13)21-15-14-9-12-22-16(14)18(15)10-5-6-11-18/h3-4,13-16H,2,5-12H2,1H3,(H2,19,20,21). The zero-order chi connectivity index (χ0) is 15.0. The van der Waals surface area contributed by atoms with Crippen LogP contribution in [0.1, 0.15) is 51.9 Å². The molecule has 3 unspecified atom stereocenters. The molecule has 3 atom stereocenters. The van der Waals surface area contributed by atoms with Gasteiger partial charge in [-0.1, -0.05) is 25.0 Å². The minimum absolute atomic E-state index is 0.394. The monoisotopic (exact) mass is 303 g/mol. The minimum atomic E-state index is 0.394. The van der Waals surface area contributed by atoms with Gasteiger partial charge in [-0.2, -0.15) is 0 Å². The molecule has 1 saturated heterocycles. The lowest BCUT2D eigenvalue weighted by Crippen LogP contribution is -2.69. The molecular weight excluding hydrogens is 274 g/mol. The van der Waals surface area contributed by atoms with Crippen LogP contribution in [0, 0.1) is 11.3 Å². The van der Waals surface area contributed by atoms with Crippen LogP contribution < -0.4 is 10.6 Å². The van der Waals surface area contributed by atoms with Gasteiger partial charge in [-0.25, -0.2) is 0 Å². The molecule has 0 amide bonds. The lowest BCUT2D eigenvalue weighted by Gasteiger charge is -2.57. The number of nitrogens with one attached hydrogen (secondary N) is 2. The van der Waals surface area contributed by atoms with Gasteiger partial charge in [0.2, 0.25) is 0 Å².